The van der Waals surface area contributed by atoms with Gasteiger partial charge < -0.3 is 19.0 Å². The molecule has 0 unspecified atom stereocenters. The summed E-state index contributed by atoms with van der Waals surface area (Å²) in [6, 6.07) is 13.6. The molecule has 1 fully saturated rings. The number of hydrogen-bond acceptors (Lipinski definition) is 6. The molecule has 5 rings (SSSR count). The minimum absolute atomic E-state index is 0.188. The Kier molecular flexibility index (Phi) is 7.57. The normalized spacial score (nSPS) is 16.6. The summed E-state index contributed by atoms with van der Waals surface area (Å²) < 4.78 is 57.1. The van der Waals surface area contributed by atoms with Gasteiger partial charge in [0.25, 0.3) is 0 Å². The molecule has 1 N–H and O–H groups in total. The predicted molar refractivity (Wildman–Crippen MR) is 157 cm³/mol. The van der Waals surface area contributed by atoms with Crippen molar-refractivity contribution < 1.29 is 26.5 Å². The molecule has 0 atom stereocenters. The van der Waals surface area contributed by atoms with Crippen molar-refractivity contribution in [2.45, 2.75) is 70.8 Å². The number of fused-ring (bicyclic) bond motifs is 1. The minimum atomic E-state index is -3.72. The Labute approximate surface area is 236 Å². The van der Waals surface area contributed by atoms with Crippen LogP contribution in [0.1, 0.15) is 63.1 Å². The third-order valence-corrected chi connectivity index (χ3v) is 9.36. The van der Waals surface area contributed by atoms with E-state index in [-0.39, 0.29) is 23.7 Å². The molecule has 2 aliphatic rings. The van der Waals surface area contributed by atoms with Crippen LogP contribution < -0.4 is 19.0 Å². The summed E-state index contributed by atoms with van der Waals surface area (Å²) in [4.78, 5) is 0. The summed E-state index contributed by atoms with van der Waals surface area (Å²) in [5, 5.41) is 3.11. The van der Waals surface area contributed by atoms with Crippen LogP contribution in [0.4, 0.5) is 10.1 Å². The van der Waals surface area contributed by atoms with Crippen LogP contribution >= 0.6 is 0 Å². The summed E-state index contributed by atoms with van der Waals surface area (Å²) >= 11 is 0. The average molecular weight is 566 g/mol. The monoisotopic (exact) mass is 565 g/mol. The number of benzene rings is 3. The Morgan fingerprint density at radius 2 is 1.70 bits per heavy atom. The number of hydrogen-bond donors (Lipinski definition) is 1. The molecule has 3 aromatic carbocycles. The molecule has 1 heterocycles. The van der Waals surface area contributed by atoms with Crippen LogP contribution in [0.5, 0.6) is 17.2 Å². The van der Waals surface area contributed by atoms with E-state index in [1.54, 1.807) is 25.3 Å². The van der Waals surface area contributed by atoms with E-state index in [1.807, 2.05) is 25.1 Å². The number of aryl methyl sites for hydroxylation is 1. The van der Waals surface area contributed by atoms with Gasteiger partial charge in [-0.2, -0.15) is 8.42 Å². The second-order valence-electron chi connectivity index (χ2n) is 11.2. The molecule has 8 heteroatoms. The second-order valence-corrected chi connectivity index (χ2v) is 13.1. The van der Waals surface area contributed by atoms with Crippen LogP contribution in [0.3, 0.4) is 0 Å². The fourth-order valence-electron chi connectivity index (χ4n) is 5.81. The van der Waals surface area contributed by atoms with Crippen LogP contribution in [0.15, 0.2) is 54.6 Å². The highest BCUT2D eigenvalue weighted by Gasteiger charge is 2.31. The topological polar surface area (TPSA) is 73.9 Å². The van der Waals surface area contributed by atoms with E-state index in [2.05, 4.69) is 32.2 Å². The molecule has 0 radical (unpaired) electrons. The lowest BCUT2D eigenvalue weighted by atomic mass is 9.85. The Hall–Kier alpha value is -3.52. The average Bonchev–Trinajstić information content (AvgIpc) is 3.44. The maximum Gasteiger partial charge on any atom is 0.312 e. The van der Waals surface area contributed by atoms with E-state index < -0.39 is 15.4 Å². The fourth-order valence-corrected chi connectivity index (χ4v) is 7.22. The summed E-state index contributed by atoms with van der Waals surface area (Å²) in [6.45, 7) is 8.37. The van der Waals surface area contributed by atoms with Gasteiger partial charge >= 0.3 is 10.1 Å². The highest BCUT2D eigenvalue weighted by atomic mass is 32.2. The number of anilines is 1. The van der Waals surface area contributed by atoms with Crippen LogP contribution in [0.25, 0.3) is 16.7 Å². The second kappa shape index (κ2) is 10.8. The molecular formula is C32H36FNO5S. The molecule has 1 aliphatic carbocycles. The number of allylic oxidation sites excluding steroid dienone is 1. The maximum absolute atomic E-state index is 14.0. The van der Waals surface area contributed by atoms with E-state index in [1.165, 1.54) is 12.1 Å². The fraction of sp³-hybridized carbons (Fsp3) is 0.375. The lowest BCUT2D eigenvalue weighted by Crippen LogP contribution is -2.32. The smallest absolute Gasteiger partial charge is 0.312 e. The lowest BCUT2D eigenvalue weighted by molar-refractivity contribution is 0.302. The van der Waals surface area contributed by atoms with Gasteiger partial charge in [-0.1, -0.05) is 31.1 Å². The third kappa shape index (κ3) is 5.68. The van der Waals surface area contributed by atoms with E-state index in [4.69, 9.17) is 13.7 Å². The number of methoxy groups -OCH3 is 1. The molecule has 40 heavy (non-hydrogen) atoms. The first-order valence-electron chi connectivity index (χ1n) is 13.6. The first-order valence-corrected chi connectivity index (χ1v) is 15.1. The molecule has 1 saturated carbocycles. The Morgan fingerprint density at radius 1 is 0.975 bits per heavy atom. The summed E-state index contributed by atoms with van der Waals surface area (Å²) in [5.41, 5.74) is 6.23. The first kappa shape index (κ1) is 28.0. The summed E-state index contributed by atoms with van der Waals surface area (Å²) in [5.74, 6) is 0.813. The van der Waals surface area contributed by atoms with Crippen molar-refractivity contribution in [2.24, 2.45) is 0 Å². The molecule has 6 nitrogen and oxygen atoms in total. The van der Waals surface area contributed by atoms with E-state index in [0.29, 0.717) is 24.3 Å². The lowest BCUT2D eigenvalue weighted by Gasteiger charge is -2.33. The van der Waals surface area contributed by atoms with Crippen LogP contribution in [0, 0.1) is 12.7 Å². The zero-order valence-electron chi connectivity index (χ0n) is 23.6. The van der Waals surface area contributed by atoms with Gasteiger partial charge in [-0.25, -0.2) is 4.39 Å². The Balaban J connectivity index is 1.57. The zero-order chi connectivity index (χ0) is 28.7. The van der Waals surface area contributed by atoms with Gasteiger partial charge in [0.05, 0.1) is 17.9 Å². The SMILES string of the molecule is COc1cc(OS(=O)(=O)C2CCCC2)ccc1-c1ccc2c(c1COc1cc(F)ccc1C)C(C)=CC(C)(C)N2. The molecule has 212 valence electrons. The highest BCUT2D eigenvalue weighted by molar-refractivity contribution is 7.87. The molecule has 0 spiro atoms. The van der Waals surface area contributed by atoms with Gasteiger partial charge in [-0.15, -0.1) is 0 Å². The van der Waals surface area contributed by atoms with Crippen molar-refractivity contribution in [3.8, 4) is 28.4 Å². The van der Waals surface area contributed by atoms with Gasteiger partial charge in [0.15, 0.2) is 0 Å². The van der Waals surface area contributed by atoms with E-state index >= 15 is 0 Å². The van der Waals surface area contributed by atoms with Crippen molar-refractivity contribution >= 4 is 21.4 Å². The molecule has 0 aromatic heterocycles. The van der Waals surface area contributed by atoms with Gasteiger partial charge in [-0.3, -0.25) is 0 Å². The van der Waals surface area contributed by atoms with Crippen LogP contribution in [0.2, 0.25) is 0 Å². The van der Waals surface area contributed by atoms with E-state index in [9.17, 15) is 12.8 Å². The summed E-state index contributed by atoms with van der Waals surface area (Å²) in [7, 11) is -2.17. The van der Waals surface area contributed by atoms with Crippen molar-refractivity contribution in [2.75, 3.05) is 12.4 Å². The van der Waals surface area contributed by atoms with Gasteiger partial charge in [0.1, 0.15) is 29.7 Å². The molecule has 3 aromatic rings. The molecule has 1 aliphatic heterocycles. The van der Waals surface area contributed by atoms with Gasteiger partial charge in [-0.05, 0) is 81.5 Å². The Morgan fingerprint density at radius 3 is 2.42 bits per heavy atom. The minimum Gasteiger partial charge on any atom is -0.496 e. The molecule has 0 amide bonds. The molecule has 0 bridgehead atoms. The third-order valence-electron chi connectivity index (χ3n) is 7.65. The number of ether oxygens (including phenoxy) is 2. The number of halogens is 1. The quantitative estimate of drug-likeness (QED) is 0.283. The van der Waals surface area contributed by atoms with Gasteiger partial charge in [0.2, 0.25) is 0 Å². The predicted octanol–water partition coefficient (Wildman–Crippen LogP) is 7.65. The molecule has 0 saturated heterocycles. The van der Waals surface area contributed by atoms with Crippen LogP contribution in [-0.2, 0) is 16.7 Å². The molecular weight excluding hydrogens is 529 g/mol. The zero-order valence-corrected chi connectivity index (χ0v) is 24.5. The number of rotatable bonds is 8. The Bertz CT molecular complexity index is 1570. The van der Waals surface area contributed by atoms with Crippen molar-refractivity contribution in [1.82, 2.24) is 0 Å². The van der Waals surface area contributed by atoms with Gasteiger partial charge in [0, 0.05) is 34.5 Å². The largest absolute Gasteiger partial charge is 0.496 e. The maximum atomic E-state index is 14.0. The van der Waals surface area contributed by atoms with E-state index in [0.717, 1.165) is 51.9 Å². The van der Waals surface area contributed by atoms with Crippen molar-refractivity contribution in [3.05, 3.63) is 77.1 Å². The summed E-state index contributed by atoms with van der Waals surface area (Å²) in [6.07, 6.45) is 5.22. The highest BCUT2D eigenvalue weighted by Crippen LogP contribution is 2.44. The van der Waals surface area contributed by atoms with Crippen molar-refractivity contribution in [1.29, 1.82) is 0 Å². The standard InChI is InChI=1S/C32H36FNO5S/c1-20-10-11-22(33)16-29(20)38-19-27-25(14-15-28-31(27)21(2)18-32(3,4)34-28)26-13-12-23(17-30(26)37-5)39-40(35,36)24-8-6-7-9-24/h10-18,24,34H,6-9,19H2,1-5H3. The number of nitrogens with one attached hydrogen (secondary N) is 1. The van der Waals surface area contributed by atoms with Crippen LogP contribution in [-0.4, -0.2) is 26.3 Å². The first-order chi connectivity index (χ1) is 19.0. The van der Waals surface area contributed by atoms with Crippen molar-refractivity contribution in [3.63, 3.8) is 0 Å².